The van der Waals surface area contributed by atoms with Crippen molar-refractivity contribution in [3.05, 3.63) is 71.4 Å². The molecule has 4 N–H and O–H groups in total. The summed E-state index contributed by atoms with van der Waals surface area (Å²) in [6.45, 7) is 0. The van der Waals surface area contributed by atoms with Crippen LogP contribution >= 0.6 is 34.4 Å². The van der Waals surface area contributed by atoms with Crippen LogP contribution in [-0.2, 0) is 0 Å². The van der Waals surface area contributed by atoms with Gasteiger partial charge in [0, 0.05) is 42.0 Å². The topological polar surface area (TPSA) is 52.0 Å². The molecule has 0 fully saturated rings. The molecule has 0 bridgehead atoms. The van der Waals surface area contributed by atoms with E-state index in [1.54, 1.807) is 34.4 Å². The van der Waals surface area contributed by atoms with Crippen LogP contribution in [-0.4, -0.2) is 0 Å². The van der Waals surface area contributed by atoms with Gasteiger partial charge in [0.25, 0.3) is 0 Å². The highest BCUT2D eigenvalue weighted by Crippen LogP contribution is 2.38. The fourth-order valence-corrected chi connectivity index (χ4v) is 5.12. The summed E-state index contributed by atoms with van der Waals surface area (Å²) in [7, 11) is 0. The van der Waals surface area contributed by atoms with Gasteiger partial charge in [-0.2, -0.15) is 0 Å². The molecule has 0 saturated carbocycles. The zero-order valence-corrected chi connectivity index (χ0v) is 15.8. The molecule has 2 nitrogen and oxygen atoms in total. The summed E-state index contributed by atoms with van der Waals surface area (Å²) < 4.78 is 0. The van der Waals surface area contributed by atoms with Crippen molar-refractivity contribution in [3.63, 3.8) is 0 Å². The van der Waals surface area contributed by atoms with Gasteiger partial charge >= 0.3 is 0 Å². The van der Waals surface area contributed by atoms with E-state index in [1.165, 1.54) is 9.75 Å². The Balaban J connectivity index is 1.58. The maximum Gasteiger partial charge on any atom is 0.0413 e. The Labute approximate surface area is 159 Å². The number of nitrogen functional groups attached to an aromatic ring is 2. The van der Waals surface area contributed by atoms with Crippen molar-refractivity contribution in [2.24, 2.45) is 0 Å². The summed E-state index contributed by atoms with van der Waals surface area (Å²) in [6.07, 6.45) is 0. The van der Waals surface area contributed by atoms with E-state index < -0.39 is 0 Å². The molecule has 2 heterocycles. The first-order valence-corrected chi connectivity index (χ1v) is 10.3. The van der Waals surface area contributed by atoms with E-state index >= 15 is 0 Å². The molecule has 0 amide bonds. The fourth-order valence-electron chi connectivity index (χ4n) is 2.66. The van der Waals surface area contributed by atoms with Gasteiger partial charge in [-0.3, -0.25) is 0 Å². The van der Waals surface area contributed by atoms with Crippen LogP contribution < -0.4 is 11.5 Å². The molecule has 4 rings (SSSR count). The molecule has 0 radical (unpaired) electrons. The number of rotatable bonds is 4. The van der Waals surface area contributed by atoms with Gasteiger partial charge in [0.15, 0.2) is 0 Å². The third kappa shape index (κ3) is 3.44. The molecule has 0 spiro atoms. The molecule has 0 aliphatic carbocycles. The van der Waals surface area contributed by atoms with Crippen molar-refractivity contribution in [2.45, 2.75) is 9.79 Å². The summed E-state index contributed by atoms with van der Waals surface area (Å²) in [5.74, 6) is 0. The highest BCUT2D eigenvalue weighted by Gasteiger charge is 2.08. The zero-order chi connectivity index (χ0) is 17.2. The number of thiophene rings is 2. The largest absolute Gasteiger partial charge is 0.398 e. The van der Waals surface area contributed by atoms with Crippen molar-refractivity contribution < 1.29 is 0 Å². The molecule has 5 heteroatoms. The Kier molecular flexibility index (Phi) is 4.53. The van der Waals surface area contributed by atoms with Crippen molar-refractivity contribution >= 4 is 45.8 Å². The Bertz CT molecular complexity index is 908. The Morgan fingerprint density at radius 3 is 1.48 bits per heavy atom. The summed E-state index contributed by atoms with van der Waals surface area (Å²) in [6, 6.07) is 20.7. The molecule has 25 heavy (non-hydrogen) atoms. The second-order valence-electron chi connectivity index (χ2n) is 5.55. The first-order valence-electron chi connectivity index (χ1n) is 7.75. The molecule has 0 aliphatic rings. The first kappa shape index (κ1) is 16.3. The maximum absolute atomic E-state index is 6.25. The van der Waals surface area contributed by atoms with Gasteiger partial charge in [-0.05, 0) is 47.2 Å². The Morgan fingerprint density at radius 2 is 1.12 bits per heavy atom. The third-order valence-corrected chi connectivity index (χ3v) is 6.64. The number of hydrogen-bond acceptors (Lipinski definition) is 5. The summed E-state index contributed by atoms with van der Waals surface area (Å²) in [4.78, 5) is 4.61. The second-order valence-corrected chi connectivity index (χ2v) is 8.60. The molecular formula is C20H16N2S3. The Morgan fingerprint density at radius 1 is 0.640 bits per heavy atom. The van der Waals surface area contributed by atoms with Crippen LogP contribution in [0.15, 0.2) is 81.2 Å². The predicted molar refractivity (Wildman–Crippen MR) is 112 cm³/mol. The highest BCUT2D eigenvalue weighted by atomic mass is 32.2. The normalized spacial score (nSPS) is 10.9. The fraction of sp³-hybridized carbons (Fsp3) is 0. The van der Waals surface area contributed by atoms with E-state index in [-0.39, 0.29) is 0 Å². The van der Waals surface area contributed by atoms with Crippen LogP contribution in [0.4, 0.5) is 11.4 Å². The second kappa shape index (κ2) is 6.96. The van der Waals surface area contributed by atoms with E-state index in [1.807, 2.05) is 24.3 Å². The average Bonchev–Trinajstić information content (AvgIpc) is 3.29. The van der Waals surface area contributed by atoms with E-state index in [0.29, 0.717) is 0 Å². The number of benzene rings is 2. The summed E-state index contributed by atoms with van der Waals surface area (Å²) in [5.41, 5.74) is 16.3. The number of anilines is 2. The molecule has 2 aromatic carbocycles. The van der Waals surface area contributed by atoms with Crippen LogP contribution in [0.5, 0.6) is 0 Å². The molecule has 2 aromatic heterocycles. The molecular weight excluding hydrogens is 364 g/mol. The van der Waals surface area contributed by atoms with Crippen molar-refractivity contribution in [2.75, 3.05) is 11.5 Å². The van der Waals surface area contributed by atoms with Crippen LogP contribution in [0.3, 0.4) is 0 Å². The number of nitrogens with two attached hydrogens (primary N) is 2. The Hall–Kier alpha value is -2.21. The van der Waals surface area contributed by atoms with Crippen molar-refractivity contribution in [1.82, 2.24) is 0 Å². The standard InChI is InChI=1S/C20H16N2S3/c21-17-11-13(5-7-15(17)19-3-1-9-23-19)25-14-6-8-16(18(22)12-14)20-4-2-10-24-20/h1-12H,21-22H2. The average molecular weight is 381 g/mol. The molecule has 4 aromatic rings. The van der Waals surface area contributed by atoms with E-state index in [4.69, 9.17) is 11.5 Å². The lowest BCUT2D eigenvalue weighted by atomic mass is 10.1. The van der Waals surface area contributed by atoms with Gasteiger partial charge in [0.1, 0.15) is 0 Å². The van der Waals surface area contributed by atoms with Gasteiger partial charge in [0.2, 0.25) is 0 Å². The minimum absolute atomic E-state index is 0.802. The van der Waals surface area contributed by atoms with Crippen molar-refractivity contribution in [3.8, 4) is 20.9 Å². The minimum atomic E-state index is 0.802. The molecule has 0 unspecified atom stereocenters. The quantitative estimate of drug-likeness (QED) is 0.399. The highest BCUT2D eigenvalue weighted by molar-refractivity contribution is 7.99. The lowest BCUT2D eigenvalue weighted by Gasteiger charge is -2.09. The van der Waals surface area contributed by atoms with Gasteiger partial charge in [-0.1, -0.05) is 36.0 Å². The summed E-state index contributed by atoms with van der Waals surface area (Å²) >= 11 is 5.07. The molecule has 0 aliphatic heterocycles. The maximum atomic E-state index is 6.25. The van der Waals surface area contributed by atoms with E-state index in [9.17, 15) is 0 Å². The minimum Gasteiger partial charge on any atom is -0.398 e. The van der Waals surface area contributed by atoms with Gasteiger partial charge in [-0.15, -0.1) is 22.7 Å². The lowest BCUT2D eigenvalue weighted by molar-refractivity contribution is 1.41. The zero-order valence-electron chi connectivity index (χ0n) is 13.3. The summed E-state index contributed by atoms with van der Waals surface area (Å²) in [5, 5.41) is 4.13. The number of hydrogen-bond donors (Lipinski definition) is 2. The van der Waals surface area contributed by atoms with Gasteiger partial charge < -0.3 is 11.5 Å². The van der Waals surface area contributed by atoms with E-state index in [0.717, 1.165) is 32.3 Å². The van der Waals surface area contributed by atoms with Crippen molar-refractivity contribution in [1.29, 1.82) is 0 Å². The smallest absolute Gasteiger partial charge is 0.0413 e. The monoisotopic (exact) mass is 380 g/mol. The van der Waals surface area contributed by atoms with Crippen LogP contribution in [0.2, 0.25) is 0 Å². The predicted octanol–water partition coefficient (Wildman–Crippen LogP) is 6.46. The SMILES string of the molecule is Nc1cc(Sc2ccc(-c3cccs3)c(N)c2)ccc1-c1cccs1. The first-order chi connectivity index (χ1) is 12.2. The molecule has 124 valence electrons. The van der Waals surface area contributed by atoms with E-state index in [2.05, 4.69) is 47.2 Å². The van der Waals surface area contributed by atoms with Crippen LogP contribution in [0.25, 0.3) is 20.9 Å². The molecule has 0 saturated heterocycles. The van der Waals surface area contributed by atoms with Crippen LogP contribution in [0, 0.1) is 0 Å². The van der Waals surface area contributed by atoms with Gasteiger partial charge in [0.05, 0.1) is 0 Å². The third-order valence-electron chi connectivity index (χ3n) is 3.86. The lowest BCUT2D eigenvalue weighted by Crippen LogP contribution is -1.90. The van der Waals surface area contributed by atoms with Crippen LogP contribution in [0.1, 0.15) is 0 Å². The van der Waals surface area contributed by atoms with Gasteiger partial charge in [-0.25, -0.2) is 0 Å². The molecule has 0 atom stereocenters.